The Morgan fingerprint density at radius 3 is 1.75 bits per heavy atom. The fraction of sp³-hybridized carbons (Fsp3) is 0.0638. The lowest BCUT2D eigenvalue weighted by molar-refractivity contribution is 0.660. The summed E-state index contributed by atoms with van der Waals surface area (Å²) in [6, 6.07) is 54.2. The molecule has 0 aliphatic heterocycles. The van der Waals surface area contributed by atoms with Crippen molar-refractivity contribution in [2.24, 2.45) is 0 Å². The van der Waals surface area contributed by atoms with Crippen molar-refractivity contribution in [2.75, 3.05) is 0 Å². The zero-order chi connectivity index (χ0) is 34.8. The van der Waals surface area contributed by atoms with Gasteiger partial charge in [0.05, 0.1) is 11.4 Å². The van der Waals surface area contributed by atoms with Gasteiger partial charge in [0.25, 0.3) is 0 Å². The van der Waals surface area contributed by atoms with Gasteiger partial charge in [0.15, 0.2) is 17.2 Å². The topological polar surface area (TPSA) is 64.7 Å². The summed E-state index contributed by atoms with van der Waals surface area (Å²) in [6.45, 7) is 4.59. The lowest BCUT2D eigenvalue weighted by Gasteiger charge is -2.21. The molecule has 0 spiro atoms. The zero-order valence-corrected chi connectivity index (χ0v) is 28.7. The standard InChI is InChI=1S/C47H32N4O/c1-47(2)37-19-11-9-17-34(37)35-26-25-33(27-38(35)47)46-50-42(44-43(51-46)36-18-10-12-20-41(36)52-44)31-21-23-32(24-22-31)45-48-39(29-13-5-3-6-14-29)28-40(49-45)30-15-7-4-8-16-30/h3-28H,1-2H3. The van der Waals surface area contributed by atoms with E-state index in [-0.39, 0.29) is 5.41 Å². The van der Waals surface area contributed by atoms with Crippen molar-refractivity contribution in [1.82, 2.24) is 19.9 Å². The van der Waals surface area contributed by atoms with Crippen LogP contribution in [0, 0.1) is 0 Å². The van der Waals surface area contributed by atoms with Crippen LogP contribution >= 0.6 is 0 Å². The number of hydrogen-bond acceptors (Lipinski definition) is 5. The van der Waals surface area contributed by atoms with Crippen molar-refractivity contribution < 1.29 is 4.42 Å². The molecule has 0 radical (unpaired) electrons. The third-order valence-corrected chi connectivity index (χ3v) is 10.3. The molecule has 246 valence electrons. The molecule has 0 saturated heterocycles. The minimum absolute atomic E-state index is 0.132. The lowest BCUT2D eigenvalue weighted by Crippen LogP contribution is -2.15. The van der Waals surface area contributed by atoms with Gasteiger partial charge in [-0.25, -0.2) is 19.9 Å². The molecule has 0 bridgehead atoms. The van der Waals surface area contributed by atoms with Gasteiger partial charge in [0.2, 0.25) is 0 Å². The summed E-state index contributed by atoms with van der Waals surface area (Å²) < 4.78 is 6.47. The highest BCUT2D eigenvalue weighted by Gasteiger charge is 2.35. The highest BCUT2D eigenvalue weighted by atomic mass is 16.3. The van der Waals surface area contributed by atoms with E-state index in [0.29, 0.717) is 17.2 Å². The van der Waals surface area contributed by atoms with Crippen molar-refractivity contribution in [1.29, 1.82) is 0 Å². The third kappa shape index (κ3) is 4.85. The molecule has 3 heterocycles. The van der Waals surface area contributed by atoms with E-state index in [2.05, 4.69) is 117 Å². The van der Waals surface area contributed by atoms with Gasteiger partial charge in [-0.3, -0.25) is 0 Å². The summed E-state index contributed by atoms with van der Waals surface area (Å²) >= 11 is 0. The van der Waals surface area contributed by atoms with Crippen molar-refractivity contribution in [2.45, 2.75) is 19.3 Å². The van der Waals surface area contributed by atoms with Crippen molar-refractivity contribution in [3.63, 3.8) is 0 Å². The Hall–Kier alpha value is -6.72. The largest absolute Gasteiger partial charge is 0.452 e. The second kappa shape index (κ2) is 11.7. The smallest absolute Gasteiger partial charge is 0.180 e. The van der Waals surface area contributed by atoms with Crippen LogP contribution in [0.15, 0.2) is 162 Å². The Balaban J connectivity index is 1.11. The predicted molar refractivity (Wildman–Crippen MR) is 210 cm³/mol. The van der Waals surface area contributed by atoms with Crippen LogP contribution in [0.5, 0.6) is 0 Å². The Kier molecular flexibility index (Phi) is 6.77. The summed E-state index contributed by atoms with van der Waals surface area (Å²) in [6.07, 6.45) is 0. The molecule has 1 aliphatic rings. The minimum atomic E-state index is -0.132. The summed E-state index contributed by atoms with van der Waals surface area (Å²) in [5.41, 5.74) is 14.7. The van der Waals surface area contributed by atoms with Gasteiger partial charge in [-0.2, -0.15) is 0 Å². The van der Waals surface area contributed by atoms with Crippen LogP contribution in [0.2, 0.25) is 0 Å². The van der Waals surface area contributed by atoms with E-state index in [9.17, 15) is 0 Å². The molecule has 0 saturated carbocycles. The maximum atomic E-state index is 6.47. The monoisotopic (exact) mass is 668 g/mol. The first-order valence-electron chi connectivity index (χ1n) is 17.6. The summed E-state index contributed by atoms with van der Waals surface area (Å²) in [7, 11) is 0. The molecule has 10 rings (SSSR count). The van der Waals surface area contributed by atoms with Crippen LogP contribution in [0.25, 0.3) is 89.7 Å². The molecule has 0 unspecified atom stereocenters. The fourth-order valence-corrected chi connectivity index (χ4v) is 7.63. The van der Waals surface area contributed by atoms with Crippen LogP contribution in [0.4, 0.5) is 0 Å². The average molecular weight is 669 g/mol. The quantitative estimate of drug-likeness (QED) is 0.183. The highest BCUT2D eigenvalue weighted by Crippen LogP contribution is 2.49. The van der Waals surface area contributed by atoms with Crippen molar-refractivity contribution in [3.05, 3.63) is 169 Å². The number of fused-ring (bicyclic) bond motifs is 6. The first kappa shape index (κ1) is 30.1. The Labute approximate surface area is 301 Å². The molecule has 0 fully saturated rings. The van der Waals surface area contributed by atoms with Gasteiger partial charge in [-0.1, -0.05) is 147 Å². The number of nitrogens with zero attached hydrogens (tertiary/aromatic N) is 4. The van der Waals surface area contributed by atoms with E-state index >= 15 is 0 Å². The van der Waals surface area contributed by atoms with Crippen LogP contribution in [0.1, 0.15) is 25.0 Å². The number of rotatable bonds is 5. The van der Waals surface area contributed by atoms with Crippen LogP contribution in [0.3, 0.4) is 0 Å². The SMILES string of the molecule is CC1(C)c2ccccc2-c2ccc(-c3nc(-c4ccc(-c5nc(-c6ccccc6)cc(-c6ccccc6)n5)cc4)c4oc5ccccc5c4n3)cc21. The second-order valence-corrected chi connectivity index (χ2v) is 13.9. The number of aromatic nitrogens is 4. The van der Waals surface area contributed by atoms with Crippen molar-refractivity contribution in [3.8, 4) is 67.7 Å². The van der Waals surface area contributed by atoms with Crippen molar-refractivity contribution >= 4 is 22.1 Å². The lowest BCUT2D eigenvalue weighted by atomic mass is 9.82. The van der Waals surface area contributed by atoms with Gasteiger partial charge >= 0.3 is 0 Å². The second-order valence-electron chi connectivity index (χ2n) is 13.9. The number of furan rings is 1. The number of benzene rings is 6. The molecule has 5 heteroatoms. The van der Waals surface area contributed by atoms with Gasteiger partial charge in [-0.05, 0) is 46.5 Å². The maximum absolute atomic E-state index is 6.47. The molecule has 1 aliphatic carbocycles. The maximum Gasteiger partial charge on any atom is 0.180 e. The molecule has 52 heavy (non-hydrogen) atoms. The molecule has 0 atom stereocenters. The molecule has 9 aromatic rings. The van der Waals surface area contributed by atoms with E-state index < -0.39 is 0 Å². The predicted octanol–water partition coefficient (Wildman–Crippen LogP) is 11.8. The third-order valence-electron chi connectivity index (χ3n) is 10.3. The molecule has 5 nitrogen and oxygen atoms in total. The van der Waals surface area contributed by atoms with Crippen LogP contribution in [-0.2, 0) is 5.41 Å². The Morgan fingerprint density at radius 2 is 1.02 bits per heavy atom. The summed E-state index contributed by atoms with van der Waals surface area (Å²) in [5, 5.41) is 0.965. The minimum Gasteiger partial charge on any atom is -0.452 e. The molecule has 6 aromatic carbocycles. The number of para-hydroxylation sites is 1. The summed E-state index contributed by atoms with van der Waals surface area (Å²) in [5.74, 6) is 1.32. The van der Waals surface area contributed by atoms with E-state index in [0.717, 1.165) is 61.4 Å². The van der Waals surface area contributed by atoms with E-state index in [1.165, 1.54) is 22.3 Å². The summed E-state index contributed by atoms with van der Waals surface area (Å²) in [4.78, 5) is 20.5. The van der Waals surface area contributed by atoms with Crippen LogP contribution in [-0.4, -0.2) is 19.9 Å². The number of hydrogen-bond donors (Lipinski definition) is 0. The highest BCUT2D eigenvalue weighted by molar-refractivity contribution is 6.07. The van der Waals surface area contributed by atoms with Crippen LogP contribution < -0.4 is 0 Å². The Bertz CT molecular complexity index is 2750. The molecule has 3 aromatic heterocycles. The molecule has 0 amide bonds. The van der Waals surface area contributed by atoms with Gasteiger partial charge in [-0.15, -0.1) is 0 Å². The van der Waals surface area contributed by atoms with Gasteiger partial charge in [0, 0.05) is 38.6 Å². The van der Waals surface area contributed by atoms with Gasteiger partial charge in [0.1, 0.15) is 16.8 Å². The van der Waals surface area contributed by atoms with E-state index in [4.69, 9.17) is 24.4 Å². The molecular weight excluding hydrogens is 637 g/mol. The zero-order valence-electron chi connectivity index (χ0n) is 28.7. The van der Waals surface area contributed by atoms with E-state index in [1.54, 1.807) is 0 Å². The normalized spacial score (nSPS) is 13.0. The molecule has 0 N–H and O–H groups in total. The molecular formula is C47H32N4O. The average Bonchev–Trinajstić information content (AvgIpc) is 3.70. The Morgan fingerprint density at radius 1 is 0.442 bits per heavy atom. The van der Waals surface area contributed by atoms with Gasteiger partial charge < -0.3 is 4.42 Å². The first-order valence-corrected chi connectivity index (χ1v) is 17.6. The first-order chi connectivity index (χ1) is 25.5. The fourth-order valence-electron chi connectivity index (χ4n) is 7.63. The van der Waals surface area contributed by atoms with E-state index in [1.807, 2.05) is 54.6 Å².